The van der Waals surface area contributed by atoms with Gasteiger partial charge in [-0.05, 0) is 37.6 Å². The highest BCUT2D eigenvalue weighted by molar-refractivity contribution is 5.94. The lowest BCUT2D eigenvalue weighted by Gasteiger charge is -2.00. The number of pyridine rings is 2. The molecule has 3 heteroatoms. The van der Waals surface area contributed by atoms with Gasteiger partial charge in [-0.1, -0.05) is 6.07 Å². The molecule has 0 fully saturated rings. The molecule has 3 rings (SSSR count). The lowest BCUT2D eigenvalue weighted by atomic mass is 10.2. The second-order valence-electron chi connectivity index (χ2n) is 4.22. The Morgan fingerprint density at radius 1 is 1.29 bits per heavy atom. The SMILES string of the molecule is Cc1cc(C)c2c(n1)c(C#N)c1ccccn12. The Labute approximate surface area is 98.9 Å². The minimum atomic E-state index is 0.660. The smallest absolute Gasteiger partial charge is 0.107 e. The van der Waals surface area contributed by atoms with Crippen LogP contribution in [0.3, 0.4) is 0 Å². The Morgan fingerprint density at radius 2 is 2.12 bits per heavy atom. The predicted octanol–water partition coefficient (Wildman–Crippen LogP) is 2.98. The van der Waals surface area contributed by atoms with Crippen LogP contribution in [-0.2, 0) is 0 Å². The highest BCUT2D eigenvalue weighted by atomic mass is 14.9. The molecule has 3 heterocycles. The maximum Gasteiger partial charge on any atom is 0.107 e. The Balaban J connectivity index is 2.69. The molecule has 0 aliphatic heterocycles. The van der Waals surface area contributed by atoms with Gasteiger partial charge in [0.15, 0.2) is 0 Å². The number of aromatic nitrogens is 2. The molecule has 0 atom stereocenters. The summed E-state index contributed by atoms with van der Waals surface area (Å²) in [6.07, 6.45) is 1.97. The molecular weight excluding hydrogens is 210 g/mol. The first-order valence-electron chi connectivity index (χ1n) is 5.49. The predicted molar refractivity (Wildman–Crippen MR) is 66.9 cm³/mol. The van der Waals surface area contributed by atoms with E-state index >= 15 is 0 Å². The second-order valence-corrected chi connectivity index (χ2v) is 4.22. The Hall–Kier alpha value is -2.34. The normalized spacial score (nSPS) is 10.9. The maximum atomic E-state index is 9.30. The van der Waals surface area contributed by atoms with Crippen molar-refractivity contribution in [1.29, 1.82) is 5.26 Å². The van der Waals surface area contributed by atoms with Gasteiger partial charge >= 0.3 is 0 Å². The fraction of sp³-hybridized carbons (Fsp3) is 0.143. The van der Waals surface area contributed by atoms with E-state index in [2.05, 4.69) is 18.0 Å². The van der Waals surface area contributed by atoms with Crippen molar-refractivity contribution in [3.63, 3.8) is 0 Å². The first-order chi connectivity index (χ1) is 8.22. The highest BCUT2D eigenvalue weighted by Gasteiger charge is 2.14. The molecule has 82 valence electrons. The van der Waals surface area contributed by atoms with E-state index in [0.29, 0.717) is 5.56 Å². The molecule has 0 spiro atoms. The van der Waals surface area contributed by atoms with E-state index in [-0.39, 0.29) is 0 Å². The summed E-state index contributed by atoms with van der Waals surface area (Å²) in [6.45, 7) is 4.01. The van der Waals surface area contributed by atoms with Gasteiger partial charge in [0, 0.05) is 11.9 Å². The average Bonchev–Trinajstić information content (AvgIpc) is 2.62. The monoisotopic (exact) mass is 221 g/mol. The van der Waals surface area contributed by atoms with Gasteiger partial charge in [-0.2, -0.15) is 5.26 Å². The van der Waals surface area contributed by atoms with E-state index < -0.39 is 0 Å². The third-order valence-corrected chi connectivity index (χ3v) is 3.02. The summed E-state index contributed by atoms with van der Waals surface area (Å²) in [5.74, 6) is 0. The molecule has 17 heavy (non-hydrogen) atoms. The van der Waals surface area contributed by atoms with Crippen molar-refractivity contribution < 1.29 is 0 Å². The number of hydrogen-bond donors (Lipinski definition) is 0. The fourth-order valence-electron chi connectivity index (χ4n) is 2.38. The van der Waals surface area contributed by atoms with Crippen molar-refractivity contribution in [2.45, 2.75) is 13.8 Å². The fourth-order valence-corrected chi connectivity index (χ4v) is 2.38. The number of nitriles is 1. The maximum absolute atomic E-state index is 9.30. The molecule has 0 aliphatic carbocycles. The summed E-state index contributed by atoms with van der Waals surface area (Å²) in [4.78, 5) is 4.50. The summed E-state index contributed by atoms with van der Waals surface area (Å²) in [7, 11) is 0. The van der Waals surface area contributed by atoms with E-state index in [1.165, 1.54) is 0 Å². The lowest BCUT2D eigenvalue weighted by Crippen LogP contribution is -1.88. The first-order valence-corrected chi connectivity index (χ1v) is 5.49. The van der Waals surface area contributed by atoms with Crippen LogP contribution in [0.2, 0.25) is 0 Å². The van der Waals surface area contributed by atoms with E-state index in [4.69, 9.17) is 0 Å². The molecule has 0 bridgehead atoms. The quantitative estimate of drug-likeness (QED) is 0.585. The van der Waals surface area contributed by atoms with Gasteiger partial charge in [-0.15, -0.1) is 0 Å². The van der Waals surface area contributed by atoms with Gasteiger partial charge in [-0.25, -0.2) is 0 Å². The number of fused-ring (bicyclic) bond motifs is 3. The van der Waals surface area contributed by atoms with Crippen LogP contribution in [-0.4, -0.2) is 9.38 Å². The van der Waals surface area contributed by atoms with Gasteiger partial charge in [0.1, 0.15) is 17.1 Å². The number of rotatable bonds is 0. The topological polar surface area (TPSA) is 41.1 Å². The summed E-state index contributed by atoms with van der Waals surface area (Å²) >= 11 is 0. The first kappa shape index (κ1) is 9.86. The second kappa shape index (κ2) is 3.33. The van der Waals surface area contributed by atoms with E-state index in [1.807, 2.05) is 41.8 Å². The van der Waals surface area contributed by atoms with Crippen LogP contribution in [0.4, 0.5) is 0 Å². The third kappa shape index (κ3) is 1.24. The Kier molecular flexibility index (Phi) is 1.93. The molecule has 0 saturated carbocycles. The molecule has 0 saturated heterocycles. The van der Waals surface area contributed by atoms with Crippen molar-refractivity contribution in [1.82, 2.24) is 9.38 Å². The number of nitrogens with zero attached hydrogens (tertiary/aromatic N) is 3. The summed E-state index contributed by atoms with van der Waals surface area (Å²) in [5.41, 5.74) is 5.51. The number of hydrogen-bond acceptors (Lipinski definition) is 2. The molecule has 0 unspecified atom stereocenters. The molecule has 3 nitrogen and oxygen atoms in total. The highest BCUT2D eigenvalue weighted by Crippen LogP contribution is 2.27. The van der Waals surface area contributed by atoms with Crippen molar-refractivity contribution in [3.8, 4) is 6.07 Å². The van der Waals surface area contributed by atoms with Crippen LogP contribution < -0.4 is 0 Å². The zero-order valence-corrected chi connectivity index (χ0v) is 9.73. The summed E-state index contributed by atoms with van der Waals surface area (Å²) in [5, 5.41) is 9.30. The van der Waals surface area contributed by atoms with Gasteiger partial charge in [0.2, 0.25) is 0 Å². The molecule has 0 aromatic carbocycles. The summed E-state index contributed by atoms with van der Waals surface area (Å²) < 4.78 is 2.04. The summed E-state index contributed by atoms with van der Waals surface area (Å²) in [6, 6.07) is 10.2. The van der Waals surface area contributed by atoms with Crippen LogP contribution >= 0.6 is 0 Å². The molecule has 0 amide bonds. The van der Waals surface area contributed by atoms with Crippen LogP contribution in [0.1, 0.15) is 16.8 Å². The van der Waals surface area contributed by atoms with Crippen LogP contribution in [0.15, 0.2) is 30.5 Å². The largest absolute Gasteiger partial charge is 0.313 e. The zero-order valence-electron chi connectivity index (χ0n) is 9.73. The minimum absolute atomic E-state index is 0.660. The van der Waals surface area contributed by atoms with Crippen molar-refractivity contribution >= 4 is 16.6 Å². The molecular formula is C14H11N3. The lowest BCUT2D eigenvalue weighted by molar-refractivity contribution is 1.19. The molecule has 0 aliphatic rings. The van der Waals surface area contributed by atoms with E-state index in [0.717, 1.165) is 27.8 Å². The van der Waals surface area contributed by atoms with E-state index in [1.54, 1.807) is 0 Å². The molecule has 0 radical (unpaired) electrons. The van der Waals surface area contributed by atoms with E-state index in [9.17, 15) is 5.26 Å². The van der Waals surface area contributed by atoms with Gasteiger partial charge in [0.05, 0.1) is 11.0 Å². The van der Waals surface area contributed by atoms with Gasteiger partial charge in [0.25, 0.3) is 0 Å². The van der Waals surface area contributed by atoms with Crippen LogP contribution in [0, 0.1) is 25.2 Å². The van der Waals surface area contributed by atoms with Gasteiger partial charge in [-0.3, -0.25) is 4.98 Å². The Bertz CT molecular complexity index is 775. The standard InChI is InChI=1S/C14H11N3/c1-9-7-10(2)16-13-11(8-15)12-5-3-4-6-17(12)14(9)13/h3-7H,1-2H3. The average molecular weight is 221 g/mol. The molecule has 3 aromatic heterocycles. The minimum Gasteiger partial charge on any atom is -0.313 e. The molecule has 3 aromatic rings. The van der Waals surface area contributed by atoms with Crippen molar-refractivity contribution in [2.75, 3.05) is 0 Å². The molecule has 0 N–H and O–H groups in total. The third-order valence-electron chi connectivity index (χ3n) is 3.02. The van der Waals surface area contributed by atoms with Crippen LogP contribution in [0.5, 0.6) is 0 Å². The zero-order chi connectivity index (χ0) is 12.0. The van der Waals surface area contributed by atoms with Gasteiger partial charge < -0.3 is 4.40 Å². The Morgan fingerprint density at radius 3 is 2.88 bits per heavy atom. The van der Waals surface area contributed by atoms with Crippen molar-refractivity contribution in [2.24, 2.45) is 0 Å². The van der Waals surface area contributed by atoms with Crippen LogP contribution in [0.25, 0.3) is 16.6 Å². The van der Waals surface area contributed by atoms with Crippen molar-refractivity contribution in [3.05, 3.63) is 47.3 Å². The number of aryl methyl sites for hydroxylation is 2.